The van der Waals surface area contributed by atoms with Gasteiger partial charge in [0.15, 0.2) is 0 Å². The summed E-state index contributed by atoms with van der Waals surface area (Å²) < 4.78 is 29.9. The Morgan fingerprint density at radius 3 is 2.54 bits per heavy atom. The van der Waals surface area contributed by atoms with Crippen LogP contribution in [0.15, 0.2) is 0 Å². The first kappa shape index (κ1) is 22.8. The van der Waals surface area contributed by atoms with Gasteiger partial charge in [-0.3, -0.25) is 14.5 Å². The number of carboxylic acids is 1. The minimum Gasteiger partial charge on any atom is -0.480 e. The summed E-state index contributed by atoms with van der Waals surface area (Å²) in [4.78, 5) is 24.8. The molecule has 0 bridgehead atoms. The van der Waals surface area contributed by atoms with Crippen LogP contribution in [0.4, 0.5) is 0 Å². The van der Waals surface area contributed by atoms with Gasteiger partial charge in [0, 0.05) is 26.2 Å². The maximum Gasteiger partial charge on any atom is 0.318 e. The predicted molar refractivity (Wildman–Crippen MR) is 97.3 cm³/mol. The Balaban J connectivity index is 2.50. The van der Waals surface area contributed by atoms with Crippen molar-refractivity contribution in [3.8, 4) is 0 Å². The number of carbonyl (C=O) groups is 2. The highest BCUT2D eigenvalue weighted by Crippen LogP contribution is 2.17. The number of nitrogens with one attached hydrogen (secondary N) is 1. The number of hydrogen-bond donors (Lipinski definition) is 2. The third-order valence-corrected chi connectivity index (χ3v) is 5.19. The summed E-state index contributed by atoms with van der Waals surface area (Å²) >= 11 is 0. The first-order valence-corrected chi connectivity index (χ1v) is 10.5. The van der Waals surface area contributed by atoms with E-state index in [1.165, 1.54) is 0 Å². The second kappa shape index (κ2) is 9.63. The van der Waals surface area contributed by atoms with Crippen LogP contribution < -0.4 is 5.32 Å². The van der Waals surface area contributed by atoms with Crippen molar-refractivity contribution in [3.63, 3.8) is 0 Å². The molecule has 26 heavy (non-hydrogen) atoms. The molecule has 152 valence electrons. The van der Waals surface area contributed by atoms with Crippen LogP contribution >= 0.6 is 0 Å². The largest absolute Gasteiger partial charge is 0.480 e. The molecule has 0 radical (unpaired) electrons. The molecule has 1 heterocycles. The Hall–Kier alpha value is -1.23. The highest BCUT2D eigenvalue weighted by molar-refractivity contribution is 7.88. The molecule has 1 fully saturated rings. The zero-order valence-electron chi connectivity index (χ0n) is 16.0. The van der Waals surface area contributed by atoms with Gasteiger partial charge in [-0.15, -0.1) is 0 Å². The van der Waals surface area contributed by atoms with Crippen molar-refractivity contribution in [1.29, 1.82) is 0 Å². The minimum absolute atomic E-state index is 0.0483. The number of sulfonamides is 1. The molecule has 0 aromatic heterocycles. The van der Waals surface area contributed by atoms with Crippen LogP contribution in [-0.2, 0) is 24.3 Å². The van der Waals surface area contributed by atoms with E-state index < -0.39 is 28.6 Å². The average molecular weight is 394 g/mol. The molecule has 9 nitrogen and oxygen atoms in total. The van der Waals surface area contributed by atoms with Crippen molar-refractivity contribution in [1.82, 2.24) is 14.5 Å². The normalized spacial score (nSPS) is 19.5. The Morgan fingerprint density at radius 2 is 2.00 bits per heavy atom. The second-order valence-electron chi connectivity index (χ2n) is 7.84. The molecule has 1 saturated heterocycles. The molecule has 0 saturated carbocycles. The number of morpholine rings is 1. The molecule has 0 spiro atoms. The number of carbonyl (C=O) groups excluding carboxylic acids is 1. The summed E-state index contributed by atoms with van der Waals surface area (Å²) in [6, 6.07) is 0. The zero-order chi connectivity index (χ0) is 20.0. The maximum absolute atomic E-state index is 12.1. The molecule has 1 amide bonds. The summed E-state index contributed by atoms with van der Waals surface area (Å²) in [6.07, 6.45) is 1.38. The summed E-state index contributed by atoms with van der Waals surface area (Å²) in [5, 5.41) is 11.8. The van der Waals surface area contributed by atoms with Gasteiger partial charge in [-0.2, -0.15) is 4.31 Å². The van der Waals surface area contributed by atoms with Crippen LogP contribution in [0.25, 0.3) is 0 Å². The van der Waals surface area contributed by atoms with Crippen LogP contribution in [-0.4, -0.2) is 92.8 Å². The van der Waals surface area contributed by atoms with Gasteiger partial charge in [-0.1, -0.05) is 20.8 Å². The standard InChI is InChI=1S/C16H31N3O6S/c1-16(2,3)5-6-17-14(20)11-18-7-8-25-13(9-18)10-19(12-15(21)22)26(4,23)24/h13H,5-12H2,1-4H3,(H,17,20)(H,21,22)/t13-/m0/s1. The van der Waals surface area contributed by atoms with Gasteiger partial charge in [0.25, 0.3) is 0 Å². The van der Waals surface area contributed by atoms with Gasteiger partial charge in [-0.05, 0) is 11.8 Å². The molecule has 1 atom stereocenters. The number of rotatable bonds is 9. The van der Waals surface area contributed by atoms with Gasteiger partial charge in [-0.25, -0.2) is 8.42 Å². The Bertz CT molecular complexity index is 587. The van der Waals surface area contributed by atoms with Gasteiger partial charge in [0.1, 0.15) is 6.54 Å². The maximum atomic E-state index is 12.1. The van der Waals surface area contributed by atoms with Crippen molar-refractivity contribution in [2.24, 2.45) is 5.41 Å². The Kier molecular flexibility index (Phi) is 8.45. The molecule has 0 unspecified atom stereocenters. The lowest BCUT2D eigenvalue weighted by Crippen LogP contribution is -2.51. The van der Waals surface area contributed by atoms with E-state index in [9.17, 15) is 18.0 Å². The highest BCUT2D eigenvalue weighted by Gasteiger charge is 2.28. The lowest BCUT2D eigenvalue weighted by molar-refractivity contribution is -0.137. The summed E-state index contributed by atoms with van der Waals surface area (Å²) in [5.74, 6) is -1.30. The van der Waals surface area contributed by atoms with Crippen LogP contribution in [0.5, 0.6) is 0 Å². The smallest absolute Gasteiger partial charge is 0.318 e. The van der Waals surface area contributed by atoms with Crippen molar-refractivity contribution >= 4 is 21.9 Å². The lowest BCUT2D eigenvalue weighted by atomic mass is 9.92. The van der Waals surface area contributed by atoms with Crippen LogP contribution in [0.1, 0.15) is 27.2 Å². The summed E-state index contributed by atoms with van der Waals surface area (Å²) in [5.41, 5.74) is 0.149. The number of hydrogen-bond acceptors (Lipinski definition) is 6. The molecular weight excluding hydrogens is 362 g/mol. The Morgan fingerprint density at radius 1 is 1.35 bits per heavy atom. The average Bonchev–Trinajstić information content (AvgIpc) is 2.44. The first-order chi connectivity index (χ1) is 11.9. The lowest BCUT2D eigenvalue weighted by Gasteiger charge is -2.34. The number of aliphatic carboxylic acids is 1. The SMILES string of the molecule is CC(C)(C)CCNC(=O)CN1CCO[C@H](CN(CC(=O)O)S(C)(=O)=O)C1. The molecule has 1 aliphatic rings. The topological polar surface area (TPSA) is 116 Å². The molecule has 0 aromatic rings. The van der Waals surface area contributed by atoms with E-state index in [1.807, 2.05) is 4.90 Å². The summed E-state index contributed by atoms with van der Waals surface area (Å²) in [7, 11) is -3.65. The van der Waals surface area contributed by atoms with E-state index in [1.54, 1.807) is 0 Å². The highest BCUT2D eigenvalue weighted by atomic mass is 32.2. The van der Waals surface area contributed by atoms with Gasteiger partial charge >= 0.3 is 5.97 Å². The van der Waals surface area contributed by atoms with Gasteiger partial charge in [0.2, 0.25) is 15.9 Å². The fourth-order valence-corrected chi connectivity index (χ4v) is 3.35. The molecule has 1 aliphatic heterocycles. The predicted octanol–water partition coefficient (Wildman–Crippen LogP) is -0.414. The molecule has 0 aliphatic carbocycles. The quantitative estimate of drug-likeness (QED) is 0.547. The van der Waals surface area contributed by atoms with Crippen LogP contribution in [0, 0.1) is 5.41 Å². The van der Waals surface area contributed by atoms with E-state index >= 15 is 0 Å². The molecule has 0 aromatic carbocycles. The van der Waals surface area contributed by atoms with E-state index in [4.69, 9.17) is 9.84 Å². The van der Waals surface area contributed by atoms with Gasteiger partial charge < -0.3 is 15.2 Å². The monoisotopic (exact) mass is 393 g/mol. The molecule has 2 N–H and O–H groups in total. The molecular formula is C16H31N3O6S. The zero-order valence-corrected chi connectivity index (χ0v) is 16.8. The first-order valence-electron chi connectivity index (χ1n) is 8.64. The van der Waals surface area contributed by atoms with E-state index in [0.29, 0.717) is 26.2 Å². The fraction of sp³-hybridized carbons (Fsp3) is 0.875. The molecule has 1 rings (SSSR count). The van der Waals surface area contributed by atoms with Crippen molar-refractivity contribution in [2.75, 3.05) is 52.1 Å². The van der Waals surface area contributed by atoms with E-state index in [2.05, 4.69) is 26.1 Å². The third kappa shape index (κ3) is 9.46. The molecule has 10 heteroatoms. The van der Waals surface area contributed by atoms with E-state index in [0.717, 1.165) is 17.0 Å². The second-order valence-corrected chi connectivity index (χ2v) is 9.82. The fourth-order valence-electron chi connectivity index (χ4n) is 2.57. The van der Waals surface area contributed by atoms with E-state index in [-0.39, 0.29) is 24.4 Å². The minimum atomic E-state index is -3.65. The summed E-state index contributed by atoms with van der Waals surface area (Å²) in [6.45, 7) is 7.80. The number of carboxylic acid groups (broad SMARTS) is 1. The van der Waals surface area contributed by atoms with Crippen molar-refractivity contribution in [3.05, 3.63) is 0 Å². The van der Waals surface area contributed by atoms with Gasteiger partial charge in [0.05, 0.1) is 25.5 Å². The number of nitrogens with zero attached hydrogens (tertiary/aromatic N) is 2. The van der Waals surface area contributed by atoms with Crippen LogP contribution in [0.2, 0.25) is 0 Å². The third-order valence-electron chi connectivity index (χ3n) is 3.98. The van der Waals surface area contributed by atoms with Crippen LogP contribution in [0.3, 0.4) is 0 Å². The number of ether oxygens (including phenoxy) is 1. The van der Waals surface area contributed by atoms with Crippen molar-refractivity contribution in [2.45, 2.75) is 33.3 Å². The van der Waals surface area contributed by atoms with Crippen molar-refractivity contribution < 1.29 is 27.9 Å². The Labute approximate surface area is 155 Å². The number of amides is 1.